The van der Waals surface area contributed by atoms with E-state index in [-0.39, 0.29) is 22.6 Å². The molecule has 0 aliphatic heterocycles. The molecule has 31 heavy (non-hydrogen) atoms. The summed E-state index contributed by atoms with van der Waals surface area (Å²) in [6.07, 6.45) is -9.64. The summed E-state index contributed by atoms with van der Waals surface area (Å²) >= 11 is 5.88. The van der Waals surface area contributed by atoms with Crippen LogP contribution in [0.2, 0.25) is 5.02 Å². The summed E-state index contributed by atoms with van der Waals surface area (Å²) < 4.78 is 79.5. The number of aromatic carboxylic acids is 1. The summed E-state index contributed by atoms with van der Waals surface area (Å²) in [5, 5.41) is 9.03. The number of fused-ring (bicyclic) bond motifs is 1. The molecule has 3 rings (SSSR count). The van der Waals surface area contributed by atoms with Gasteiger partial charge in [-0.05, 0) is 41.0 Å². The molecule has 0 spiro atoms. The van der Waals surface area contributed by atoms with Gasteiger partial charge in [-0.25, -0.2) is 4.79 Å². The second-order valence-corrected chi connectivity index (χ2v) is 7.43. The molecule has 1 N–H and O–H groups in total. The van der Waals surface area contributed by atoms with Gasteiger partial charge in [-0.15, -0.1) is 0 Å². The Morgan fingerprint density at radius 1 is 1.06 bits per heavy atom. The van der Waals surface area contributed by atoms with Gasteiger partial charge >= 0.3 is 18.3 Å². The average molecular weight is 463 g/mol. The van der Waals surface area contributed by atoms with Gasteiger partial charge in [0.15, 0.2) is 5.78 Å². The zero-order valence-electron chi connectivity index (χ0n) is 15.4. The minimum atomic E-state index is -4.95. The van der Waals surface area contributed by atoms with E-state index in [2.05, 4.69) is 0 Å². The average Bonchev–Trinajstić information content (AvgIpc) is 3.06. The molecular formula is C21H13ClF6O3. The van der Waals surface area contributed by atoms with Crippen molar-refractivity contribution in [2.75, 3.05) is 0 Å². The van der Waals surface area contributed by atoms with Gasteiger partial charge in [0.25, 0.3) is 0 Å². The highest BCUT2D eigenvalue weighted by molar-refractivity contribution is 6.33. The van der Waals surface area contributed by atoms with Crippen LogP contribution >= 0.6 is 11.6 Å². The molecule has 0 bridgehead atoms. The number of Topliss-reactive ketones (excluding diaryl/α,β-unsaturated/α-hetero) is 1. The first-order valence-corrected chi connectivity index (χ1v) is 9.18. The number of halogens is 7. The van der Waals surface area contributed by atoms with Crippen LogP contribution in [0.1, 0.15) is 45.0 Å². The van der Waals surface area contributed by atoms with E-state index in [0.29, 0.717) is 23.3 Å². The lowest BCUT2D eigenvalue weighted by atomic mass is 9.89. The number of carbonyl (C=O) groups excluding carboxylic acids is 1. The lowest BCUT2D eigenvalue weighted by molar-refractivity contribution is -0.156. The Kier molecular flexibility index (Phi) is 5.92. The van der Waals surface area contributed by atoms with Gasteiger partial charge in [-0.2, -0.15) is 26.3 Å². The van der Waals surface area contributed by atoms with Gasteiger partial charge < -0.3 is 5.11 Å². The van der Waals surface area contributed by atoms with Crippen LogP contribution in [0, 0.1) is 0 Å². The van der Waals surface area contributed by atoms with Crippen LogP contribution in [0.4, 0.5) is 26.3 Å². The summed E-state index contributed by atoms with van der Waals surface area (Å²) in [5.74, 6) is -4.63. The number of ketones is 1. The van der Waals surface area contributed by atoms with Crippen molar-refractivity contribution in [2.45, 2.75) is 31.1 Å². The number of carboxylic acids is 1. The molecule has 2 aromatic rings. The van der Waals surface area contributed by atoms with Gasteiger partial charge in [0, 0.05) is 18.4 Å². The standard InChI is InChI=1S/C21H13ClF6O3/c22-17-8-12-5-13(4-11(12)7-15(17)19(30)31)18(29)9-16(21(26,27)28)10-2-1-3-14(6-10)20(23,24)25/h1-4,6-8,16H,5,9H2,(H,30,31). The fourth-order valence-corrected chi connectivity index (χ4v) is 3.64. The monoisotopic (exact) mass is 462 g/mol. The molecule has 1 atom stereocenters. The van der Waals surface area contributed by atoms with Crippen molar-refractivity contribution in [3.05, 3.63) is 74.8 Å². The van der Waals surface area contributed by atoms with E-state index >= 15 is 0 Å². The first kappa shape index (κ1) is 22.9. The third-order valence-electron chi connectivity index (χ3n) is 4.93. The predicted octanol–water partition coefficient (Wildman–Crippen LogP) is 6.30. The summed E-state index contributed by atoms with van der Waals surface area (Å²) in [7, 11) is 0. The molecule has 1 aliphatic carbocycles. The van der Waals surface area contributed by atoms with Crippen LogP contribution in [-0.2, 0) is 17.4 Å². The predicted molar refractivity (Wildman–Crippen MR) is 100.0 cm³/mol. The van der Waals surface area contributed by atoms with E-state index in [9.17, 15) is 35.9 Å². The Labute approximate surface area is 176 Å². The quantitative estimate of drug-likeness (QED) is 0.530. The van der Waals surface area contributed by atoms with E-state index in [1.807, 2.05) is 0 Å². The van der Waals surface area contributed by atoms with Gasteiger partial charge in [0.05, 0.1) is 22.1 Å². The molecule has 10 heteroatoms. The number of hydrogen-bond donors (Lipinski definition) is 1. The minimum Gasteiger partial charge on any atom is -0.478 e. The highest BCUT2D eigenvalue weighted by Gasteiger charge is 2.43. The molecule has 164 valence electrons. The van der Waals surface area contributed by atoms with Crippen LogP contribution in [0.25, 0.3) is 6.08 Å². The van der Waals surface area contributed by atoms with E-state index < -0.39 is 47.6 Å². The minimum absolute atomic E-state index is 0.00479. The Bertz CT molecular complexity index is 1090. The number of allylic oxidation sites excluding steroid dienone is 1. The fourth-order valence-electron chi connectivity index (χ4n) is 3.38. The smallest absolute Gasteiger partial charge is 0.416 e. The number of carbonyl (C=O) groups is 2. The second kappa shape index (κ2) is 8.03. The largest absolute Gasteiger partial charge is 0.478 e. The molecule has 1 aliphatic rings. The number of benzene rings is 2. The Hall–Kier alpha value is -2.81. The molecule has 0 fully saturated rings. The molecule has 1 unspecified atom stereocenters. The van der Waals surface area contributed by atoms with E-state index in [1.165, 1.54) is 18.2 Å². The van der Waals surface area contributed by atoms with Crippen LogP contribution in [0.15, 0.2) is 42.0 Å². The Balaban J connectivity index is 1.89. The highest BCUT2D eigenvalue weighted by Crippen LogP contribution is 2.41. The molecule has 0 saturated carbocycles. The van der Waals surface area contributed by atoms with Crippen molar-refractivity contribution in [3.63, 3.8) is 0 Å². The van der Waals surface area contributed by atoms with Crippen LogP contribution < -0.4 is 0 Å². The number of carboxylic acid groups (broad SMARTS) is 1. The van der Waals surface area contributed by atoms with Crippen LogP contribution in [-0.4, -0.2) is 23.0 Å². The third-order valence-corrected chi connectivity index (χ3v) is 5.24. The van der Waals surface area contributed by atoms with Crippen LogP contribution in [0.5, 0.6) is 0 Å². The molecule has 0 radical (unpaired) electrons. The lowest BCUT2D eigenvalue weighted by Crippen LogP contribution is -2.24. The maximum atomic E-state index is 13.6. The molecule has 2 aromatic carbocycles. The maximum Gasteiger partial charge on any atom is 0.416 e. The van der Waals surface area contributed by atoms with Crippen molar-refractivity contribution in [2.24, 2.45) is 0 Å². The zero-order valence-corrected chi connectivity index (χ0v) is 16.2. The van der Waals surface area contributed by atoms with Crippen molar-refractivity contribution >= 4 is 29.4 Å². The molecular weight excluding hydrogens is 450 g/mol. The number of rotatable bonds is 5. The molecule has 0 aromatic heterocycles. The van der Waals surface area contributed by atoms with Crippen molar-refractivity contribution in [1.82, 2.24) is 0 Å². The molecule has 0 amide bonds. The Morgan fingerprint density at radius 3 is 2.32 bits per heavy atom. The third kappa shape index (κ3) is 4.92. The summed E-state index contributed by atoms with van der Waals surface area (Å²) in [4.78, 5) is 23.8. The van der Waals surface area contributed by atoms with E-state index in [0.717, 1.165) is 12.1 Å². The van der Waals surface area contributed by atoms with E-state index in [4.69, 9.17) is 16.7 Å². The van der Waals surface area contributed by atoms with Crippen LogP contribution in [0.3, 0.4) is 0 Å². The maximum absolute atomic E-state index is 13.6. The van der Waals surface area contributed by atoms with Crippen molar-refractivity contribution < 1.29 is 41.0 Å². The normalized spacial score (nSPS) is 14.7. The van der Waals surface area contributed by atoms with Gasteiger partial charge in [-0.3, -0.25) is 4.79 Å². The first-order valence-electron chi connectivity index (χ1n) is 8.80. The topological polar surface area (TPSA) is 54.4 Å². The number of alkyl halides is 6. The number of hydrogen-bond acceptors (Lipinski definition) is 2. The van der Waals surface area contributed by atoms with Gasteiger partial charge in [-0.1, -0.05) is 29.8 Å². The first-order chi connectivity index (χ1) is 14.3. The summed E-state index contributed by atoms with van der Waals surface area (Å²) in [6, 6.07) is 5.35. The second-order valence-electron chi connectivity index (χ2n) is 7.03. The highest BCUT2D eigenvalue weighted by atomic mass is 35.5. The van der Waals surface area contributed by atoms with E-state index in [1.54, 1.807) is 0 Å². The Morgan fingerprint density at radius 2 is 1.74 bits per heavy atom. The van der Waals surface area contributed by atoms with Gasteiger partial charge in [0.2, 0.25) is 0 Å². The SMILES string of the molecule is O=C(CC(c1cccc(C(F)(F)F)c1)C(F)(F)F)C1=Cc2cc(C(=O)O)c(Cl)cc2C1. The fraction of sp³-hybridized carbons (Fsp3) is 0.238. The van der Waals surface area contributed by atoms with Crippen molar-refractivity contribution in [3.8, 4) is 0 Å². The summed E-state index contributed by atoms with van der Waals surface area (Å²) in [5.41, 5.74) is -1.32. The molecule has 0 saturated heterocycles. The molecule has 0 heterocycles. The van der Waals surface area contributed by atoms with Crippen molar-refractivity contribution in [1.29, 1.82) is 0 Å². The summed E-state index contributed by atoms with van der Waals surface area (Å²) in [6.45, 7) is 0. The van der Waals surface area contributed by atoms with Gasteiger partial charge in [0.1, 0.15) is 0 Å². The zero-order chi connectivity index (χ0) is 23.1. The molecule has 3 nitrogen and oxygen atoms in total. The lowest BCUT2D eigenvalue weighted by Gasteiger charge is -2.21.